The summed E-state index contributed by atoms with van der Waals surface area (Å²) in [5, 5.41) is 10.8. The Morgan fingerprint density at radius 2 is 2.19 bits per heavy atom. The zero-order chi connectivity index (χ0) is 15.7. The van der Waals surface area contributed by atoms with Crippen LogP contribution in [-0.4, -0.2) is 53.9 Å². The number of hydrogen-bond donors (Lipinski definition) is 1. The third-order valence-electron chi connectivity index (χ3n) is 3.76. The fourth-order valence-corrected chi connectivity index (χ4v) is 2.46. The number of likely N-dealkylation sites (tertiary alicyclic amines) is 1. The second-order valence-electron chi connectivity index (χ2n) is 5.27. The number of nitro groups is 1. The number of anilines is 1. The lowest BCUT2D eigenvalue weighted by Crippen LogP contribution is -2.35. The summed E-state index contributed by atoms with van der Waals surface area (Å²) < 4.78 is 13.9. The van der Waals surface area contributed by atoms with E-state index in [0.717, 1.165) is 18.6 Å². The van der Waals surface area contributed by atoms with Crippen LogP contribution in [0.3, 0.4) is 0 Å². The van der Waals surface area contributed by atoms with Gasteiger partial charge in [-0.15, -0.1) is 0 Å². The Morgan fingerprint density at radius 1 is 1.52 bits per heavy atom. The van der Waals surface area contributed by atoms with Gasteiger partial charge in [-0.2, -0.15) is 0 Å². The molecule has 1 aromatic carbocycles. The van der Waals surface area contributed by atoms with Crippen LogP contribution < -0.4 is 5.73 Å². The molecular weight excluding hydrogens is 279 g/mol. The van der Waals surface area contributed by atoms with Crippen molar-refractivity contribution in [3.05, 3.63) is 33.6 Å². The number of carbonyl (C=O) groups excluding carboxylic acids is 1. The molecule has 1 amide bonds. The van der Waals surface area contributed by atoms with E-state index in [1.165, 1.54) is 4.90 Å². The quantitative estimate of drug-likeness (QED) is 0.512. The molecule has 0 spiro atoms. The topological polar surface area (TPSA) is 92.7 Å². The highest BCUT2D eigenvalue weighted by molar-refractivity contribution is 6.01. The number of nitrogens with two attached hydrogens (primary N) is 1. The first-order chi connectivity index (χ1) is 9.82. The normalized spacial score (nSPS) is 18.3. The summed E-state index contributed by atoms with van der Waals surface area (Å²) in [5.74, 6) is -1.44. The number of hydrogen-bond acceptors (Lipinski definition) is 5. The van der Waals surface area contributed by atoms with Gasteiger partial charge in [0.15, 0.2) is 0 Å². The highest BCUT2D eigenvalue weighted by Gasteiger charge is 2.32. The maximum absolute atomic E-state index is 13.9. The Morgan fingerprint density at radius 3 is 2.71 bits per heavy atom. The van der Waals surface area contributed by atoms with Gasteiger partial charge in [0.25, 0.3) is 11.6 Å². The Labute approximate surface area is 121 Å². The third-order valence-corrected chi connectivity index (χ3v) is 3.76. The van der Waals surface area contributed by atoms with Gasteiger partial charge in [0.2, 0.25) is 0 Å². The number of halogens is 1. The predicted molar refractivity (Wildman–Crippen MR) is 75.5 cm³/mol. The maximum Gasteiger partial charge on any atom is 0.293 e. The summed E-state index contributed by atoms with van der Waals surface area (Å²) >= 11 is 0. The number of nitrogen functional groups attached to an aromatic ring is 1. The van der Waals surface area contributed by atoms with Gasteiger partial charge in [-0.05, 0) is 26.6 Å². The Kier molecular flexibility index (Phi) is 4.08. The predicted octanol–water partition coefficient (Wildman–Crippen LogP) is 1.09. The summed E-state index contributed by atoms with van der Waals surface area (Å²) in [6, 6.07) is 2.06. The molecule has 1 aliphatic heterocycles. The van der Waals surface area contributed by atoms with E-state index >= 15 is 0 Å². The number of amides is 1. The van der Waals surface area contributed by atoms with Gasteiger partial charge in [0.1, 0.15) is 17.1 Å². The molecule has 2 N–H and O–H groups in total. The molecule has 0 radical (unpaired) electrons. The first kappa shape index (κ1) is 15.2. The van der Waals surface area contributed by atoms with Crippen LogP contribution in [0.15, 0.2) is 12.1 Å². The average molecular weight is 296 g/mol. The van der Waals surface area contributed by atoms with Crippen LogP contribution in [0.25, 0.3) is 0 Å². The molecule has 0 bridgehead atoms. The molecular formula is C13H17FN4O3. The van der Waals surface area contributed by atoms with Crippen LogP contribution in [-0.2, 0) is 0 Å². The van der Waals surface area contributed by atoms with Crippen molar-refractivity contribution in [3.63, 3.8) is 0 Å². The number of rotatable bonds is 3. The van der Waals surface area contributed by atoms with E-state index in [2.05, 4.69) is 0 Å². The first-order valence-electron chi connectivity index (χ1n) is 6.51. The monoisotopic (exact) mass is 296 g/mol. The molecule has 21 heavy (non-hydrogen) atoms. The van der Waals surface area contributed by atoms with Crippen molar-refractivity contribution in [1.82, 2.24) is 9.80 Å². The summed E-state index contributed by atoms with van der Waals surface area (Å²) in [5.41, 5.74) is 4.32. The van der Waals surface area contributed by atoms with Crippen molar-refractivity contribution < 1.29 is 14.1 Å². The van der Waals surface area contributed by atoms with Crippen molar-refractivity contribution >= 4 is 17.3 Å². The molecule has 1 unspecified atom stereocenters. The second-order valence-corrected chi connectivity index (χ2v) is 5.27. The van der Waals surface area contributed by atoms with Crippen molar-refractivity contribution in [2.24, 2.45) is 0 Å². The number of nitrogens with zero attached hydrogens (tertiary/aromatic N) is 3. The van der Waals surface area contributed by atoms with Gasteiger partial charge in [0.05, 0.1) is 4.92 Å². The number of carbonyl (C=O) groups is 1. The fourth-order valence-electron chi connectivity index (χ4n) is 2.46. The van der Waals surface area contributed by atoms with Gasteiger partial charge < -0.3 is 15.5 Å². The summed E-state index contributed by atoms with van der Waals surface area (Å²) in [7, 11) is 3.81. The van der Waals surface area contributed by atoms with Crippen molar-refractivity contribution in [2.45, 2.75) is 12.5 Å². The van der Waals surface area contributed by atoms with E-state index in [4.69, 9.17) is 5.73 Å². The minimum absolute atomic E-state index is 0.192. The summed E-state index contributed by atoms with van der Waals surface area (Å²) in [6.07, 6.45) is 0.773. The highest BCUT2D eigenvalue weighted by Crippen LogP contribution is 2.29. The molecule has 1 aromatic rings. The average Bonchev–Trinajstić information content (AvgIpc) is 2.87. The van der Waals surface area contributed by atoms with E-state index < -0.39 is 33.6 Å². The summed E-state index contributed by atoms with van der Waals surface area (Å²) in [4.78, 5) is 26.0. The maximum atomic E-state index is 13.9. The van der Waals surface area contributed by atoms with Gasteiger partial charge in [-0.1, -0.05) is 0 Å². The Bertz CT molecular complexity index is 591. The SMILES string of the molecule is CN(C)C1CCN(C(=O)c2c(F)ccc([N+](=O)[O-])c2N)C1. The molecule has 1 atom stereocenters. The zero-order valence-electron chi connectivity index (χ0n) is 11.9. The standard InChI is InChI=1S/C13H17FN4O3/c1-16(2)8-5-6-17(7-8)13(19)11-9(14)3-4-10(12(11)15)18(20)21/h3-4,8H,5-7,15H2,1-2H3. The molecule has 0 aliphatic carbocycles. The lowest BCUT2D eigenvalue weighted by Gasteiger charge is -2.21. The second kappa shape index (κ2) is 5.65. The fraction of sp³-hybridized carbons (Fsp3) is 0.462. The lowest BCUT2D eigenvalue weighted by atomic mass is 10.1. The Hall–Kier alpha value is -2.22. The molecule has 1 fully saturated rings. The number of nitro benzene ring substituents is 1. The minimum atomic E-state index is -0.837. The molecule has 1 heterocycles. The van der Waals surface area contributed by atoms with Crippen LogP contribution in [0, 0.1) is 15.9 Å². The van der Waals surface area contributed by atoms with E-state index in [1.54, 1.807) is 0 Å². The zero-order valence-corrected chi connectivity index (χ0v) is 11.9. The number of benzene rings is 1. The molecule has 1 aliphatic rings. The highest BCUT2D eigenvalue weighted by atomic mass is 19.1. The molecule has 2 rings (SSSR count). The van der Waals surface area contributed by atoms with Crippen molar-refractivity contribution in [2.75, 3.05) is 32.9 Å². The van der Waals surface area contributed by atoms with Crippen LogP contribution >= 0.6 is 0 Å². The molecule has 114 valence electrons. The van der Waals surface area contributed by atoms with E-state index in [-0.39, 0.29) is 6.04 Å². The largest absolute Gasteiger partial charge is 0.392 e. The lowest BCUT2D eigenvalue weighted by molar-refractivity contribution is -0.384. The van der Waals surface area contributed by atoms with Gasteiger partial charge in [0, 0.05) is 25.2 Å². The van der Waals surface area contributed by atoms with E-state index in [0.29, 0.717) is 13.1 Å². The first-order valence-corrected chi connectivity index (χ1v) is 6.51. The number of likely N-dealkylation sites (N-methyl/N-ethyl adjacent to an activating group) is 1. The molecule has 8 heteroatoms. The Balaban J connectivity index is 2.32. The molecule has 7 nitrogen and oxygen atoms in total. The van der Waals surface area contributed by atoms with Gasteiger partial charge in [-0.3, -0.25) is 14.9 Å². The summed E-state index contributed by atoms with van der Waals surface area (Å²) in [6.45, 7) is 0.927. The van der Waals surface area contributed by atoms with Crippen molar-refractivity contribution in [1.29, 1.82) is 0 Å². The van der Waals surface area contributed by atoms with E-state index in [1.807, 2.05) is 19.0 Å². The third kappa shape index (κ3) is 2.80. The van der Waals surface area contributed by atoms with Crippen molar-refractivity contribution in [3.8, 4) is 0 Å². The smallest absolute Gasteiger partial charge is 0.293 e. The van der Waals surface area contributed by atoms with E-state index in [9.17, 15) is 19.3 Å². The van der Waals surface area contributed by atoms with Gasteiger partial charge >= 0.3 is 0 Å². The minimum Gasteiger partial charge on any atom is -0.392 e. The molecule has 1 saturated heterocycles. The van der Waals surface area contributed by atoms with Crippen LogP contribution in [0.1, 0.15) is 16.8 Å². The van der Waals surface area contributed by atoms with Crippen LogP contribution in [0.5, 0.6) is 0 Å². The van der Waals surface area contributed by atoms with Crippen LogP contribution in [0.2, 0.25) is 0 Å². The van der Waals surface area contributed by atoms with Gasteiger partial charge in [-0.25, -0.2) is 4.39 Å². The van der Waals surface area contributed by atoms with Crippen LogP contribution in [0.4, 0.5) is 15.8 Å². The molecule has 0 saturated carbocycles. The molecule has 0 aromatic heterocycles.